The topological polar surface area (TPSA) is 56.2 Å². The summed E-state index contributed by atoms with van der Waals surface area (Å²) < 4.78 is 33.5. The first-order valence-electron chi connectivity index (χ1n) is 6.53. The molecule has 4 rings (SSSR count). The zero-order valence-corrected chi connectivity index (χ0v) is 12.5. The minimum absolute atomic E-state index is 0.269. The quantitative estimate of drug-likeness (QED) is 0.560. The molecule has 5 nitrogen and oxygen atoms in total. The van der Waals surface area contributed by atoms with E-state index in [1.165, 1.54) is 4.52 Å². The summed E-state index contributed by atoms with van der Waals surface area (Å²) in [6, 6.07) is 5.65. The van der Waals surface area contributed by atoms with E-state index in [2.05, 4.69) is 15.1 Å². The molecule has 0 N–H and O–H groups in total. The van der Waals surface area contributed by atoms with Crippen LogP contribution in [0.25, 0.3) is 27.6 Å². The molecule has 0 fully saturated rings. The van der Waals surface area contributed by atoms with Gasteiger partial charge in [-0.2, -0.15) is 13.9 Å². The average molecular weight is 320 g/mol. The Labute approximate surface area is 127 Å². The van der Waals surface area contributed by atoms with Crippen LogP contribution in [-0.2, 0) is 5.92 Å². The van der Waals surface area contributed by atoms with Gasteiger partial charge in [-0.25, -0.2) is 14.5 Å². The van der Waals surface area contributed by atoms with Crippen molar-refractivity contribution in [3.63, 3.8) is 0 Å². The molecule has 0 aliphatic rings. The number of alkyl halides is 2. The molecule has 0 radical (unpaired) electrons. The summed E-state index contributed by atoms with van der Waals surface area (Å²) >= 11 is 0.851. The molecule has 0 spiro atoms. The smallest absolute Gasteiger partial charge is 0.298 e. The zero-order valence-electron chi connectivity index (χ0n) is 11.7. The predicted octanol–water partition coefficient (Wildman–Crippen LogP) is 4.02. The molecule has 0 unspecified atom stereocenters. The summed E-state index contributed by atoms with van der Waals surface area (Å²) in [5.74, 6) is -2.62. The van der Waals surface area contributed by atoms with E-state index in [4.69, 9.17) is 4.42 Å². The van der Waals surface area contributed by atoms with Crippen LogP contribution in [0.1, 0.15) is 17.5 Å². The van der Waals surface area contributed by atoms with Crippen molar-refractivity contribution >= 4 is 27.4 Å². The molecule has 22 heavy (non-hydrogen) atoms. The molecule has 0 aliphatic carbocycles. The van der Waals surface area contributed by atoms with E-state index < -0.39 is 5.92 Å². The Bertz CT molecular complexity index is 964. The molecule has 0 bridgehead atoms. The number of benzene rings is 1. The predicted molar refractivity (Wildman–Crippen MR) is 78.2 cm³/mol. The maximum absolute atomic E-state index is 13.3. The molecule has 112 valence electrons. The first-order valence-corrected chi connectivity index (χ1v) is 7.34. The lowest BCUT2D eigenvalue weighted by molar-refractivity contribution is 0.0163. The van der Waals surface area contributed by atoms with Gasteiger partial charge in [0, 0.05) is 6.92 Å². The lowest BCUT2D eigenvalue weighted by Gasteiger charge is -2.02. The number of aromatic nitrogens is 4. The Hall–Kier alpha value is -2.35. The number of aryl methyl sites for hydroxylation is 1. The standard InChI is InChI=1S/C14H10F2N4OS/c1-7-4-3-5-9-10(7)18-11(21-9)8-6-20-13(17-8)22-12(19-20)14(2,15)16/h3-6H,1-2H3. The molecule has 0 saturated carbocycles. The van der Waals surface area contributed by atoms with Crippen LogP contribution in [0.15, 0.2) is 28.8 Å². The van der Waals surface area contributed by atoms with Gasteiger partial charge in [0.1, 0.15) is 11.2 Å². The van der Waals surface area contributed by atoms with Gasteiger partial charge in [-0.05, 0) is 18.6 Å². The van der Waals surface area contributed by atoms with Crippen LogP contribution >= 0.6 is 11.3 Å². The van der Waals surface area contributed by atoms with Crippen LogP contribution in [0.2, 0.25) is 0 Å². The summed E-state index contributed by atoms with van der Waals surface area (Å²) in [6.45, 7) is 2.76. The van der Waals surface area contributed by atoms with Crippen molar-refractivity contribution in [1.82, 2.24) is 19.6 Å². The fourth-order valence-corrected chi connectivity index (χ4v) is 2.99. The van der Waals surface area contributed by atoms with Gasteiger partial charge in [0.15, 0.2) is 10.6 Å². The van der Waals surface area contributed by atoms with Crippen LogP contribution in [0, 0.1) is 6.92 Å². The lowest BCUT2D eigenvalue weighted by Crippen LogP contribution is -2.06. The Morgan fingerprint density at radius 1 is 1.27 bits per heavy atom. The monoisotopic (exact) mass is 320 g/mol. The molecule has 3 aromatic heterocycles. The van der Waals surface area contributed by atoms with Gasteiger partial charge in [-0.15, -0.1) is 0 Å². The van der Waals surface area contributed by atoms with Gasteiger partial charge in [-0.1, -0.05) is 23.5 Å². The number of rotatable bonds is 2. The minimum atomic E-state index is -2.97. The average Bonchev–Trinajstić information content (AvgIpc) is 3.09. The number of nitrogens with zero attached hydrogens (tertiary/aromatic N) is 4. The largest absolute Gasteiger partial charge is 0.435 e. The number of hydrogen-bond donors (Lipinski definition) is 0. The Balaban J connectivity index is 1.82. The number of hydrogen-bond acceptors (Lipinski definition) is 5. The van der Waals surface area contributed by atoms with E-state index in [1.54, 1.807) is 6.20 Å². The third-order valence-electron chi connectivity index (χ3n) is 3.26. The SMILES string of the molecule is Cc1cccc2oc(-c3cn4nc(C(C)(F)F)sc4n3)nc12. The van der Waals surface area contributed by atoms with Crippen molar-refractivity contribution in [1.29, 1.82) is 0 Å². The highest BCUT2D eigenvalue weighted by molar-refractivity contribution is 7.16. The van der Waals surface area contributed by atoms with E-state index in [0.29, 0.717) is 22.1 Å². The molecule has 0 atom stereocenters. The Morgan fingerprint density at radius 3 is 2.77 bits per heavy atom. The highest BCUT2D eigenvalue weighted by Crippen LogP contribution is 2.32. The number of para-hydroxylation sites is 1. The summed E-state index contributed by atoms with van der Waals surface area (Å²) in [6.07, 6.45) is 1.54. The second-order valence-electron chi connectivity index (χ2n) is 5.09. The number of fused-ring (bicyclic) bond motifs is 2. The lowest BCUT2D eigenvalue weighted by atomic mass is 10.2. The van der Waals surface area contributed by atoms with E-state index in [0.717, 1.165) is 29.3 Å². The summed E-state index contributed by atoms with van der Waals surface area (Å²) in [5.41, 5.74) is 2.91. The molecule has 3 heterocycles. The van der Waals surface area contributed by atoms with Crippen molar-refractivity contribution in [2.75, 3.05) is 0 Å². The molecule has 0 amide bonds. The highest BCUT2D eigenvalue weighted by Gasteiger charge is 2.30. The second kappa shape index (κ2) is 4.33. The number of oxazole rings is 1. The normalized spacial score (nSPS) is 12.5. The minimum Gasteiger partial charge on any atom is -0.435 e. The van der Waals surface area contributed by atoms with E-state index in [-0.39, 0.29) is 5.01 Å². The van der Waals surface area contributed by atoms with Gasteiger partial charge in [0.05, 0.1) is 6.20 Å². The van der Waals surface area contributed by atoms with E-state index in [1.807, 2.05) is 25.1 Å². The van der Waals surface area contributed by atoms with Gasteiger partial charge >= 0.3 is 0 Å². The molecule has 8 heteroatoms. The highest BCUT2D eigenvalue weighted by atomic mass is 32.1. The first-order chi connectivity index (χ1) is 10.4. The van der Waals surface area contributed by atoms with Gasteiger partial charge in [0.25, 0.3) is 5.92 Å². The second-order valence-corrected chi connectivity index (χ2v) is 6.05. The van der Waals surface area contributed by atoms with Crippen LogP contribution in [0.3, 0.4) is 0 Å². The Kier molecular flexibility index (Phi) is 2.62. The molecular formula is C14H10F2N4OS. The molecule has 0 saturated heterocycles. The summed E-state index contributed by atoms with van der Waals surface area (Å²) in [4.78, 5) is 9.07. The fraction of sp³-hybridized carbons (Fsp3) is 0.214. The molecular weight excluding hydrogens is 310 g/mol. The molecule has 1 aromatic carbocycles. The summed E-state index contributed by atoms with van der Waals surface area (Å²) in [7, 11) is 0. The van der Waals surface area contributed by atoms with Crippen LogP contribution in [0.4, 0.5) is 8.78 Å². The van der Waals surface area contributed by atoms with Gasteiger partial charge in [0.2, 0.25) is 10.9 Å². The first kappa shape index (κ1) is 13.3. The Morgan fingerprint density at radius 2 is 2.09 bits per heavy atom. The maximum Gasteiger partial charge on any atom is 0.298 e. The maximum atomic E-state index is 13.3. The number of imidazole rings is 1. The molecule has 0 aliphatic heterocycles. The van der Waals surface area contributed by atoms with Crippen molar-refractivity contribution in [2.45, 2.75) is 19.8 Å². The third kappa shape index (κ3) is 1.98. The van der Waals surface area contributed by atoms with Crippen molar-refractivity contribution in [3.05, 3.63) is 35.0 Å². The van der Waals surface area contributed by atoms with Crippen LogP contribution in [-0.4, -0.2) is 19.6 Å². The third-order valence-corrected chi connectivity index (χ3v) is 4.35. The van der Waals surface area contributed by atoms with Crippen LogP contribution < -0.4 is 0 Å². The van der Waals surface area contributed by atoms with E-state index in [9.17, 15) is 8.78 Å². The number of halogens is 2. The van der Waals surface area contributed by atoms with E-state index >= 15 is 0 Å². The van der Waals surface area contributed by atoms with Gasteiger partial charge < -0.3 is 4.42 Å². The van der Waals surface area contributed by atoms with Crippen molar-refractivity contribution in [2.24, 2.45) is 0 Å². The summed E-state index contributed by atoms with van der Waals surface area (Å²) in [5, 5.41) is 3.59. The van der Waals surface area contributed by atoms with Crippen molar-refractivity contribution in [3.8, 4) is 11.6 Å². The fourth-order valence-electron chi connectivity index (χ4n) is 2.18. The van der Waals surface area contributed by atoms with Gasteiger partial charge in [-0.3, -0.25) is 0 Å². The zero-order chi connectivity index (χ0) is 15.5. The van der Waals surface area contributed by atoms with Crippen LogP contribution in [0.5, 0.6) is 0 Å². The molecule has 4 aromatic rings. The van der Waals surface area contributed by atoms with Crippen molar-refractivity contribution < 1.29 is 13.2 Å².